The van der Waals surface area contributed by atoms with Crippen LogP contribution in [-0.2, 0) is 7.05 Å². The van der Waals surface area contributed by atoms with Gasteiger partial charge in [-0.2, -0.15) is 14.9 Å². The molecular formula is C21H18FN7. The predicted molar refractivity (Wildman–Crippen MR) is 104 cm³/mol. The maximum absolute atomic E-state index is 13.3. The molecule has 1 saturated heterocycles. The lowest BCUT2D eigenvalue weighted by atomic mass is 9.92. The van der Waals surface area contributed by atoms with Crippen molar-refractivity contribution in [3.8, 4) is 23.3 Å². The summed E-state index contributed by atoms with van der Waals surface area (Å²) < 4.78 is 15.3. The molecule has 3 heterocycles. The molecule has 1 aliphatic heterocycles. The van der Waals surface area contributed by atoms with E-state index in [0.29, 0.717) is 28.2 Å². The van der Waals surface area contributed by atoms with E-state index in [2.05, 4.69) is 32.2 Å². The second-order valence-corrected chi connectivity index (χ2v) is 7.07. The zero-order chi connectivity index (χ0) is 20.4. The number of rotatable bonds is 3. The number of pyridine rings is 1. The van der Waals surface area contributed by atoms with Crippen molar-refractivity contribution < 1.29 is 4.39 Å². The summed E-state index contributed by atoms with van der Waals surface area (Å²) in [5.74, 6) is 0.697. The molecule has 3 aromatic rings. The third-order valence-corrected chi connectivity index (χ3v) is 5.32. The van der Waals surface area contributed by atoms with E-state index in [1.807, 2.05) is 11.6 Å². The number of hydrogen-bond acceptors (Lipinski definition) is 6. The molecule has 144 valence electrons. The van der Waals surface area contributed by atoms with Crippen LogP contribution in [0.4, 0.5) is 10.1 Å². The molecule has 8 heteroatoms. The fourth-order valence-electron chi connectivity index (χ4n) is 3.90. The van der Waals surface area contributed by atoms with E-state index in [1.165, 1.54) is 12.3 Å². The van der Waals surface area contributed by atoms with E-state index >= 15 is 0 Å². The lowest BCUT2D eigenvalue weighted by Gasteiger charge is -2.35. The van der Waals surface area contributed by atoms with Gasteiger partial charge in [0.2, 0.25) is 5.95 Å². The third kappa shape index (κ3) is 3.53. The van der Waals surface area contributed by atoms with E-state index < -0.39 is 5.95 Å². The Hall–Kier alpha value is -3.78. The van der Waals surface area contributed by atoms with E-state index in [1.54, 1.807) is 24.5 Å². The molecule has 0 radical (unpaired) electrons. The molecule has 0 amide bonds. The van der Waals surface area contributed by atoms with E-state index in [0.717, 1.165) is 37.4 Å². The topological polar surface area (TPSA) is 94.4 Å². The molecule has 4 rings (SSSR count). The van der Waals surface area contributed by atoms with Crippen LogP contribution in [-0.4, -0.2) is 32.8 Å². The van der Waals surface area contributed by atoms with E-state index in [-0.39, 0.29) is 0 Å². The Labute approximate surface area is 167 Å². The molecule has 0 atom stereocenters. The zero-order valence-corrected chi connectivity index (χ0v) is 15.9. The monoisotopic (exact) mass is 387 g/mol. The summed E-state index contributed by atoms with van der Waals surface area (Å²) in [4.78, 5) is 5.90. The number of benzene rings is 1. The average molecular weight is 387 g/mol. The number of hydrogen-bond donors (Lipinski definition) is 0. The average Bonchev–Trinajstić information content (AvgIpc) is 3.19. The number of nitriles is 2. The number of nitrogens with zero attached hydrogens (tertiary/aromatic N) is 7. The Morgan fingerprint density at radius 3 is 2.52 bits per heavy atom. The molecule has 0 saturated carbocycles. The van der Waals surface area contributed by atoms with Crippen molar-refractivity contribution in [1.29, 1.82) is 10.5 Å². The maximum atomic E-state index is 13.3. The molecule has 1 aliphatic rings. The van der Waals surface area contributed by atoms with Gasteiger partial charge in [0.15, 0.2) is 0 Å². The van der Waals surface area contributed by atoms with E-state index in [4.69, 9.17) is 0 Å². The molecule has 0 aliphatic carbocycles. The van der Waals surface area contributed by atoms with Crippen molar-refractivity contribution >= 4 is 5.69 Å². The first-order valence-corrected chi connectivity index (χ1v) is 9.29. The van der Waals surface area contributed by atoms with Crippen molar-refractivity contribution in [3.05, 3.63) is 59.7 Å². The largest absolute Gasteiger partial charge is 0.370 e. The van der Waals surface area contributed by atoms with Crippen LogP contribution in [0.25, 0.3) is 11.1 Å². The smallest absolute Gasteiger partial charge is 0.212 e. The molecule has 0 N–H and O–H groups in total. The summed E-state index contributed by atoms with van der Waals surface area (Å²) >= 11 is 0. The summed E-state index contributed by atoms with van der Waals surface area (Å²) in [5.41, 5.74) is 2.96. The summed E-state index contributed by atoms with van der Waals surface area (Å²) in [6.45, 7) is 1.47. The quantitative estimate of drug-likeness (QED) is 0.641. The van der Waals surface area contributed by atoms with Crippen LogP contribution >= 0.6 is 0 Å². The number of halogens is 1. The number of anilines is 1. The molecule has 7 nitrogen and oxygen atoms in total. The van der Waals surface area contributed by atoms with Gasteiger partial charge in [0, 0.05) is 43.4 Å². The minimum Gasteiger partial charge on any atom is -0.370 e. The molecule has 0 spiro atoms. The summed E-state index contributed by atoms with van der Waals surface area (Å²) in [6, 6.07) is 10.6. The van der Waals surface area contributed by atoms with Crippen LogP contribution in [0.15, 0.2) is 36.8 Å². The first kappa shape index (κ1) is 18.6. The highest BCUT2D eigenvalue weighted by Crippen LogP contribution is 2.38. The summed E-state index contributed by atoms with van der Waals surface area (Å²) in [6.07, 6.45) is 4.88. The van der Waals surface area contributed by atoms with Crippen molar-refractivity contribution in [2.24, 2.45) is 7.05 Å². The van der Waals surface area contributed by atoms with Gasteiger partial charge in [-0.05, 0) is 37.1 Å². The zero-order valence-electron chi connectivity index (χ0n) is 15.9. The molecule has 0 bridgehead atoms. The van der Waals surface area contributed by atoms with Crippen LogP contribution in [0.1, 0.15) is 35.7 Å². The number of piperidine rings is 1. The Kier molecular flexibility index (Phi) is 4.92. The van der Waals surface area contributed by atoms with Crippen molar-refractivity contribution in [1.82, 2.24) is 19.7 Å². The van der Waals surface area contributed by atoms with Crippen molar-refractivity contribution in [3.63, 3.8) is 0 Å². The fraction of sp³-hybridized carbons (Fsp3) is 0.286. The number of aryl methyl sites for hydroxylation is 1. The van der Waals surface area contributed by atoms with E-state index in [9.17, 15) is 14.9 Å². The van der Waals surface area contributed by atoms with Crippen LogP contribution in [0.2, 0.25) is 0 Å². The standard InChI is InChI=1S/C21H18FN7/c1-28-13-26-27-21(28)15-4-6-29(7-5-15)20-17(11-24)8-14(10-23)9-18(20)16-2-3-19(22)25-12-16/h2-3,8-9,12-13,15H,4-7H2,1H3. The van der Waals surface area contributed by atoms with Gasteiger partial charge in [0.25, 0.3) is 0 Å². The second-order valence-electron chi connectivity index (χ2n) is 7.07. The first-order valence-electron chi connectivity index (χ1n) is 9.29. The van der Waals surface area contributed by atoms with Crippen LogP contribution < -0.4 is 4.90 Å². The minimum absolute atomic E-state index is 0.304. The molecule has 0 unspecified atom stereocenters. The van der Waals surface area contributed by atoms with Gasteiger partial charge in [-0.25, -0.2) is 4.98 Å². The maximum Gasteiger partial charge on any atom is 0.212 e. The Bertz CT molecular complexity index is 1110. The summed E-state index contributed by atoms with van der Waals surface area (Å²) in [7, 11) is 1.94. The van der Waals surface area contributed by atoms with Gasteiger partial charge in [-0.3, -0.25) is 0 Å². The molecule has 2 aromatic heterocycles. The van der Waals surface area contributed by atoms with Crippen molar-refractivity contribution in [2.75, 3.05) is 18.0 Å². The second kappa shape index (κ2) is 7.69. The minimum atomic E-state index is -0.572. The normalized spacial score (nSPS) is 14.4. The molecule has 1 aromatic carbocycles. The van der Waals surface area contributed by atoms with Gasteiger partial charge in [-0.1, -0.05) is 0 Å². The fourth-order valence-corrected chi connectivity index (χ4v) is 3.90. The SMILES string of the molecule is Cn1cnnc1C1CCN(c2c(C#N)cc(C#N)cc2-c2ccc(F)nc2)CC1. The molecule has 29 heavy (non-hydrogen) atoms. The molecular weight excluding hydrogens is 369 g/mol. The van der Waals surface area contributed by atoms with Crippen molar-refractivity contribution in [2.45, 2.75) is 18.8 Å². The number of aromatic nitrogens is 4. The highest BCUT2D eigenvalue weighted by molar-refractivity contribution is 5.84. The Balaban J connectivity index is 1.71. The van der Waals surface area contributed by atoms with Gasteiger partial charge in [0.05, 0.1) is 22.9 Å². The van der Waals surface area contributed by atoms with Crippen LogP contribution in [0.3, 0.4) is 0 Å². The van der Waals surface area contributed by atoms with Gasteiger partial charge < -0.3 is 9.47 Å². The highest BCUT2D eigenvalue weighted by Gasteiger charge is 2.27. The summed E-state index contributed by atoms with van der Waals surface area (Å²) in [5, 5.41) is 27.3. The Morgan fingerprint density at radius 2 is 1.93 bits per heavy atom. The van der Waals surface area contributed by atoms with Gasteiger partial charge >= 0.3 is 0 Å². The van der Waals surface area contributed by atoms with Crippen LogP contribution in [0.5, 0.6) is 0 Å². The van der Waals surface area contributed by atoms with Crippen LogP contribution in [0, 0.1) is 28.6 Å². The van der Waals surface area contributed by atoms with Gasteiger partial charge in [0.1, 0.15) is 18.2 Å². The lowest BCUT2D eigenvalue weighted by molar-refractivity contribution is 0.474. The third-order valence-electron chi connectivity index (χ3n) is 5.32. The Morgan fingerprint density at radius 1 is 1.14 bits per heavy atom. The molecule has 1 fully saturated rings. The van der Waals surface area contributed by atoms with Gasteiger partial charge in [-0.15, -0.1) is 10.2 Å². The highest BCUT2D eigenvalue weighted by atomic mass is 19.1. The first-order chi connectivity index (χ1) is 14.1. The lowest BCUT2D eigenvalue weighted by Crippen LogP contribution is -2.34. The predicted octanol–water partition coefficient (Wildman–Crippen LogP) is 3.14.